The SMILES string of the molecule is O=C(O)CSc1n[nH]c(-c2cc3ccccc3o2)n1. The van der Waals surface area contributed by atoms with Gasteiger partial charge in [-0.25, -0.2) is 0 Å². The normalized spacial score (nSPS) is 10.9. The number of benzene rings is 1. The summed E-state index contributed by atoms with van der Waals surface area (Å²) in [5.74, 6) is 0.0947. The summed E-state index contributed by atoms with van der Waals surface area (Å²) in [7, 11) is 0. The molecule has 3 rings (SSSR count). The number of hydrogen-bond donors (Lipinski definition) is 2. The van der Waals surface area contributed by atoms with Crippen LogP contribution in [0.3, 0.4) is 0 Å². The number of carbonyl (C=O) groups is 1. The first-order valence-electron chi connectivity index (χ1n) is 5.48. The number of rotatable bonds is 4. The van der Waals surface area contributed by atoms with Crippen LogP contribution in [-0.2, 0) is 4.79 Å². The summed E-state index contributed by atoms with van der Waals surface area (Å²) in [5.41, 5.74) is 0.772. The Kier molecular flexibility index (Phi) is 2.96. The fraction of sp³-hybridized carbons (Fsp3) is 0.0833. The second kappa shape index (κ2) is 4.77. The van der Waals surface area contributed by atoms with E-state index in [1.807, 2.05) is 30.3 Å². The zero-order valence-corrected chi connectivity index (χ0v) is 10.5. The van der Waals surface area contributed by atoms with E-state index in [4.69, 9.17) is 9.52 Å². The van der Waals surface area contributed by atoms with Gasteiger partial charge in [0.15, 0.2) is 11.6 Å². The Balaban J connectivity index is 1.87. The summed E-state index contributed by atoms with van der Waals surface area (Å²) in [4.78, 5) is 14.6. The summed E-state index contributed by atoms with van der Waals surface area (Å²) < 4.78 is 5.63. The van der Waals surface area contributed by atoms with Crippen molar-refractivity contribution < 1.29 is 14.3 Å². The number of carboxylic acid groups (broad SMARTS) is 1. The summed E-state index contributed by atoms with van der Waals surface area (Å²) in [6, 6.07) is 9.50. The number of nitrogens with one attached hydrogen (secondary N) is 1. The predicted molar refractivity (Wildman–Crippen MR) is 70.0 cm³/mol. The molecule has 0 saturated heterocycles. The lowest BCUT2D eigenvalue weighted by Crippen LogP contribution is -1.97. The summed E-state index contributed by atoms with van der Waals surface area (Å²) >= 11 is 1.06. The van der Waals surface area contributed by atoms with Crippen molar-refractivity contribution >= 4 is 28.7 Å². The van der Waals surface area contributed by atoms with Crippen LogP contribution in [0.5, 0.6) is 0 Å². The molecular weight excluding hydrogens is 266 g/mol. The number of aliphatic carboxylic acids is 1. The van der Waals surface area contributed by atoms with Crippen LogP contribution in [-0.4, -0.2) is 32.0 Å². The zero-order valence-electron chi connectivity index (χ0n) is 9.66. The highest BCUT2D eigenvalue weighted by molar-refractivity contribution is 7.99. The van der Waals surface area contributed by atoms with Crippen LogP contribution in [0.15, 0.2) is 39.9 Å². The van der Waals surface area contributed by atoms with Gasteiger partial charge in [-0.05, 0) is 12.1 Å². The Morgan fingerprint density at radius 1 is 1.42 bits per heavy atom. The minimum Gasteiger partial charge on any atom is -0.481 e. The second-order valence-corrected chi connectivity index (χ2v) is 4.74. The number of nitrogens with zero attached hydrogens (tertiary/aromatic N) is 2. The molecule has 0 fully saturated rings. The zero-order chi connectivity index (χ0) is 13.2. The van der Waals surface area contributed by atoms with Gasteiger partial charge in [-0.2, -0.15) is 4.98 Å². The van der Waals surface area contributed by atoms with E-state index < -0.39 is 5.97 Å². The Hall–Kier alpha value is -2.28. The summed E-state index contributed by atoms with van der Waals surface area (Å²) in [6.45, 7) is 0. The van der Waals surface area contributed by atoms with Gasteiger partial charge in [0.25, 0.3) is 0 Å². The molecule has 2 aromatic heterocycles. The molecule has 0 aliphatic rings. The van der Waals surface area contributed by atoms with Gasteiger partial charge in [0.05, 0.1) is 5.75 Å². The van der Waals surface area contributed by atoms with E-state index in [9.17, 15) is 4.79 Å². The first-order valence-corrected chi connectivity index (χ1v) is 6.47. The Morgan fingerprint density at radius 2 is 2.26 bits per heavy atom. The maximum Gasteiger partial charge on any atom is 0.313 e. The van der Waals surface area contributed by atoms with Crippen LogP contribution in [0.2, 0.25) is 0 Å². The van der Waals surface area contributed by atoms with Gasteiger partial charge in [-0.15, -0.1) is 5.10 Å². The predicted octanol–water partition coefficient (Wildman–Crippen LogP) is 2.39. The number of thioether (sulfide) groups is 1. The van der Waals surface area contributed by atoms with Gasteiger partial charge in [0.2, 0.25) is 5.16 Å². The van der Waals surface area contributed by atoms with Crippen LogP contribution in [0.25, 0.3) is 22.6 Å². The van der Waals surface area contributed by atoms with Gasteiger partial charge in [0, 0.05) is 5.39 Å². The molecule has 1 aromatic carbocycles. The molecule has 19 heavy (non-hydrogen) atoms. The summed E-state index contributed by atoms with van der Waals surface area (Å²) in [6.07, 6.45) is 0. The van der Waals surface area contributed by atoms with Crippen LogP contribution >= 0.6 is 11.8 Å². The number of aromatic amines is 1. The van der Waals surface area contributed by atoms with Gasteiger partial charge in [-0.3, -0.25) is 9.89 Å². The lowest BCUT2D eigenvalue weighted by Gasteiger charge is -1.88. The maximum absolute atomic E-state index is 10.5. The van der Waals surface area contributed by atoms with E-state index in [1.165, 1.54) is 0 Å². The van der Waals surface area contributed by atoms with Crippen molar-refractivity contribution in [2.45, 2.75) is 5.16 Å². The van der Waals surface area contributed by atoms with Crippen molar-refractivity contribution in [3.8, 4) is 11.6 Å². The van der Waals surface area contributed by atoms with Gasteiger partial charge in [-0.1, -0.05) is 30.0 Å². The first-order chi connectivity index (χ1) is 9.22. The molecule has 7 heteroatoms. The smallest absolute Gasteiger partial charge is 0.313 e. The Bertz CT molecular complexity index is 701. The third-order valence-corrected chi connectivity index (χ3v) is 3.28. The number of carboxylic acids is 1. The Morgan fingerprint density at radius 3 is 3.05 bits per heavy atom. The van der Waals surface area contributed by atoms with Crippen LogP contribution < -0.4 is 0 Å². The molecule has 96 valence electrons. The maximum atomic E-state index is 10.5. The van der Waals surface area contributed by atoms with E-state index in [2.05, 4.69) is 15.2 Å². The van der Waals surface area contributed by atoms with Crippen molar-refractivity contribution in [1.29, 1.82) is 0 Å². The lowest BCUT2D eigenvalue weighted by atomic mass is 10.2. The van der Waals surface area contributed by atoms with Crippen molar-refractivity contribution in [1.82, 2.24) is 15.2 Å². The molecule has 0 atom stereocenters. The topological polar surface area (TPSA) is 92.0 Å². The third-order valence-electron chi connectivity index (χ3n) is 2.45. The van der Waals surface area contributed by atoms with Crippen molar-refractivity contribution in [2.24, 2.45) is 0 Å². The van der Waals surface area contributed by atoms with Crippen LogP contribution in [0, 0.1) is 0 Å². The number of furan rings is 1. The second-order valence-electron chi connectivity index (χ2n) is 3.80. The summed E-state index contributed by atoms with van der Waals surface area (Å²) in [5, 5.41) is 16.6. The highest BCUT2D eigenvalue weighted by Crippen LogP contribution is 2.26. The molecule has 0 aliphatic carbocycles. The van der Waals surface area contributed by atoms with E-state index >= 15 is 0 Å². The monoisotopic (exact) mass is 275 g/mol. The van der Waals surface area contributed by atoms with E-state index in [0.29, 0.717) is 16.7 Å². The molecule has 0 radical (unpaired) electrons. The van der Waals surface area contributed by atoms with Gasteiger partial charge in [0.1, 0.15) is 5.58 Å². The van der Waals surface area contributed by atoms with Crippen molar-refractivity contribution in [3.05, 3.63) is 30.3 Å². The Labute approximate surface area is 111 Å². The van der Waals surface area contributed by atoms with Gasteiger partial charge >= 0.3 is 5.97 Å². The van der Waals surface area contributed by atoms with Crippen molar-refractivity contribution in [2.75, 3.05) is 5.75 Å². The molecule has 3 aromatic rings. The fourth-order valence-corrected chi connectivity index (χ4v) is 2.16. The van der Waals surface area contributed by atoms with E-state index in [1.54, 1.807) is 0 Å². The first kappa shape index (κ1) is 11.8. The van der Waals surface area contributed by atoms with Gasteiger partial charge < -0.3 is 9.52 Å². The number of fused-ring (bicyclic) bond motifs is 1. The molecule has 0 amide bonds. The minimum absolute atomic E-state index is 0.0720. The molecule has 0 saturated carbocycles. The molecule has 0 spiro atoms. The standard InChI is InChI=1S/C12H9N3O3S/c16-10(17)6-19-12-13-11(14-15-12)9-5-7-3-1-2-4-8(7)18-9/h1-5H,6H2,(H,16,17)(H,13,14,15). The number of para-hydroxylation sites is 1. The number of H-pyrrole nitrogens is 1. The molecule has 2 N–H and O–H groups in total. The lowest BCUT2D eigenvalue weighted by molar-refractivity contribution is -0.133. The van der Waals surface area contributed by atoms with E-state index in [0.717, 1.165) is 22.7 Å². The van der Waals surface area contributed by atoms with E-state index in [-0.39, 0.29) is 5.75 Å². The number of hydrogen-bond acceptors (Lipinski definition) is 5. The molecule has 0 bridgehead atoms. The highest BCUT2D eigenvalue weighted by atomic mass is 32.2. The molecular formula is C12H9N3O3S. The van der Waals surface area contributed by atoms with Crippen LogP contribution in [0.1, 0.15) is 0 Å². The molecule has 0 aliphatic heterocycles. The average Bonchev–Trinajstić information content (AvgIpc) is 3.02. The highest BCUT2D eigenvalue weighted by Gasteiger charge is 2.11. The third kappa shape index (κ3) is 2.45. The molecule has 2 heterocycles. The molecule has 6 nitrogen and oxygen atoms in total. The number of aromatic nitrogens is 3. The van der Waals surface area contributed by atoms with Crippen LogP contribution in [0.4, 0.5) is 0 Å². The largest absolute Gasteiger partial charge is 0.481 e. The fourth-order valence-electron chi connectivity index (χ4n) is 1.65. The minimum atomic E-state index is -0.903. The van der Waals surface area contributed by atoms with Crippen molar-refractivity contribution in [3.63, 3.8) is 0 Å². The quantitative estimate of drug-likeness (QED) is 0.710. The molecule has 0 unspecified atom stereocenters. The average molecular weight is 275 g/mol.